The van der Waals surface area contributed by atoms with Crippen molar-refractivity contribution in [3.05, 3.63) is 29.8 Å². The number of hydrogen-bond donors (Lipinski definition) is 2. The maximum absolute atomic E-state index is 12.2. The lowest BCUT2D eigenvalue weighted by atomic mass is 10.2. The van der Waals surface area contributed by atoms with Crippen LogP contribution in [-0.2, 0) is 16.0 Å². The van der Waals surface area contributed by atoms with Crippen LogP contribution in [0.15, 0.2) is 24.3 Å². The second kappa shape index (κ2) is 9.02. The van der Waals surface area contributed by atoms with Gasteiger partial charge in [-0.3, -0.25) is 9.59 Å². The van der Waals surface area contributed by atoms with E-state index in [0.29, 0.717) is 13.0 Å². The number of para-hydroxylation sites is 1. The number of nitrogens with one attached hydrogen (secondary N) is 1. The standard InChI is InChI=1S/C15H21N3O2S.ClH/c1-21-9-7-12(16)15(20)17-10-14(19)18-8-6-11-4-2-3-5-13(11)18;/h2-5,12H,6-10,16H2,1H3,(H,17,20);1H/t12-;/m0./s1. The highest BCUT2D eigenvalue weighted by molar-refractivity contribution is 7.98. The van der Waals surface area contributed by atoms with E-state index in [2.05, 4.69) is 5.32 Å². The molecule has 0 aliphatic carbocycles. The molecule has 0 radical (unpaired) electrons. The number of carbonyl (C=O) groups is 2. The van der Waals surface area contributed by atoms with Crippen LogP contribution in [0.1, 0.15) is 12.0 Å². The largest absolute Gasteiger partial charge is 0.346 e. The molecule has 122 valence electrons. The summed E-state index contributed by atoms with van der Waals surface area (Å²) < 4.78 is 0. The summed E-state index contributed by atoms with van der Waals surface area (Å²) in [6, 6.07) is 7.31. The molecule has 22 heavy (non-hydrogen) atoms. The number of hydrogen-bond acceptors (Lipinski definition) is 4. The number of rotatable bonds is 6. The van der Waals surface area contributed by atoms with Gasteiger partial charge in [0, 0.05) is 12.2 Å². The normalized spacial score (nSPS) is 14.0. The van der Waals surface area contributed by atoms with Gasteiger partial charge >= 0.3 is 0 Å². The first-order valence-electron chi connectivity index (χ1n) is 7.04. The van der Waals surface area contributed by atoms with Crippen molar-refractivity contribution in [3.8, 4) is 0 Å². The predicted octanol–water partition coefficient (Wildman–Crippen LogP) is 1.19. The molecule has 2 amide bonds. The highest BCUT2D eigenvalue weighted by atomic mass is 35.5. The minimum Gasteiger partial charge on any atom is -0.346 e. The predicted molar refractivity (Wildman–Crippen MR) is 93.7 cm³/mol. The first-order chi connectivity index (χ1) is 10.1. The van der Waals surface area contributed by atoms with E-state index in [1.54, 1.807) is 16.7 Å². The molecule has 1 aromatic carbocycles. The summed E-state index contributed by atoms with van der Waals surface area (Å²) >= 11 is 1.65. The van der Waals surface area contributed by atoms with Crippen LogP contribution in [0.2, 0.25) is 0 Å². The molecule has 1 aromatic rings. The van der Waals surface area contributed by atoms with E-state index < -0.39 is 6.04 Å². The Morgan fingerprint density at radius 3 is 2.86 bits per heavy atom. The number of nitrogens with zero attached hydrogens (tertiary/aromatic N) is 1. The van der Waals surface area contributed by atoms with Crippen molar-refractivity contribution in [1.29, 1.82) is 0 Å². The minimum atomic E-state index is -0.545. The van der Waals surface area contributed by atoms with Crippen molar-refractivity contribution in [1.82, 2.24) is 5.32 Å². The van der Waals surface area contributed by atoms with Crippen LogP contribution in [0.5, 0.6) is 0 Å². The zero-order valence-electron chi connectivity index (χ0n) is 12.6. The number of halogens is 1. The van der Waals surface area contributed by atoms with E-state index in [1.807, 2.05) is 30.5 Å². The van der Waals surface area contributed by atoms with Gasteiger partial charge in [-0.1, -0.05) is 18.2 Å². The van der Waals surface area contributed by atoms with Gasteiger partial charge in [-0.2, -0.15) is 11.8 Å². The van der Waals surface area contributed by atoms with Crippen molar-refractivity contribution in [3.63, 3.8) is 0 Å². The van der Waals surface area contributed by atoms with Gasteiger partial charge in [0.05, 0.1) is 12.6 Å². The van der Waals surface area contributed by atoms with E-state index in [1.165, 1.54) is 5.56 Å². The number of nitrogens with two attached hydrogens (primary N) is 1. The Morgan fingerprint density at radius 2 is 2.14 bits per heavy atom. The van der Waals surface area contributed by atoms with E-state index in [9.17, 15) is 9.59 Å². The van der Waals surface area contributed by atoms with Crippen LogP contribution in [0.4, 0.5) is 5.69 Å². The van der Waals surface area contributed by atoms with Gasteiger partial charge in [0.15, 0.2) is 0 Å². The molecule has 0 saturated carbocycles. The molecule has 0 bridgehead atoms. The number of amides is 2. The number of fused-ring (bicyclic) bond motifs is 1. The molecule has 3 N–H and O–H groups in total. The SMILES string of the molecule is CSCC[C@H](N)C(=O)NCC(=O)N1CCc2ccccc21.Cl. The third-order valence-corrected chi connectivity index (χ3v) is 4.22. The van der Waals surface area contributed by atoms with Crippen LogP contribution in [0, 0.1) is 0 Å². The monoisotopic (exact) mass is 343 g/mol. The molecule has 2 rings (SSSR count). The van der Waals surface area contributed by atoms with Crippen LogP contribution in [0.3, 0.4) is 0 Å². The van der Waals surface area contributed by atoms with Crippen molar-refractivity contribution in [2.75, 3.05) is 30.0 Å². The summed E-state index contributed by atoms with van der Waals surface area (Å²) in [6.07, 6.45) is 3.45. The van der Waals surface area contributed by atoms with Crippen LogP contribution >= 0.6 is 24.2 Å². The molecule has 0 saturated heterocycles. The van der Waals surface area contributed by atoms with Gasteiger partial charge in [-0.15, -0.1) is 12.4 Å². The Bertz CT molecular complexity index is 527. The summed E-state index contributed by atoms with van der Waals surface area (Å²) in [6.45, 7) is 0.673. The zero-order valence-corrected chi connectivity index (χ0v) is 14.2. The van der Waals surface area contributed by atoms with Crippen LogP contribution < -0.4 is 16.0 Å². The maximum atomic E-state index is 12.2. The van der Waals surface area contributed by atoms with Crippen molar-refractivity contribution < 1.29 is 9.59 Å². The molecule has 7 heteroatoms. The molecule has 1 atom stereocenters. The number of benzene rings is 1. The second-order valence-corrected chi connectivity index (χ2v) is 6.02. The number of anilines is 1. The lowest BCUT2D eigenvalue weighted by Crippen LogP contribution is -2.46. The molecule has 0 unspecified atom stereocenters. The third kappa shape index (κ3) is 4.63. The van der Waals surface area contributed by atoms with Gasteiger partial charge in [0.2, 0.25) is 11.8 Å². The fourth-order valence-corrected chi connectivity index (χ4v) is 2.85. The Kier molecular flexibility index (Phi) is 7.72. The average molecular weight is 344 g/mol. The summed E-state index contributed by atoms with van der Waals surface area (Å²) in [7, 11) is 0. The van der Waals surface area contributed by atoms with Gasteiger partial charge < -0.3 is 16.0 Å². The number of thioether (sulfide) groups is 1. The molecule has 0 aromatic heterocycles. The highest BCUT2D eigenvalue weighted by Gasteiger charge is 2.24. The molecular weight excluding hydrogens is 322 g/mol. The van der Waals surface area contributed by atoms with E-state index in [4.69, 9.17) is 5.73 Å². The zero-order chi connectivity index (χ0) is 15.2. The van der Waals surface area contributed by atoms with Crippen molar-refractivity contribution in [2.24, 2.45) is 5.73 Å². The Balaban J connectivity index is 0.00000242. The summed E-state index contributed by atoms with van der Waals surface area (Å²) in [5.74, 6) is 0.484. The van der Waals surface area contributed by atoms with Gasteiger partial charge in [0.25, 0.3) is 0 Å². The molecule has 0 fully saturated rings. The van der Waals surface area contributed by atoms with E-state index >= 15 is 0 Å². The number of carbonyl (C=O) groups excluding carboxylic acids is 2. The maximum Gasteiger partial charge on any atom is 0.246 e. The Morgan fingerprint density at radius 1 is 1.41 bits per heavy atom. The highest BCUT2D eigenvalue weighted by Crippen LogP contribution is 2.27. The summed E-state index contributed by atoms with van der Waals surface area (Å²) in [5, 5.41) is 2.63. The Labute approximate surface area is 141 Å². The van der Waals surface area contributed by atoms with E-state index in [0.717, 1.165) is 17.9 Å². The first kappa shape index (κ1) is 18.8. The quantitative estimate of drug-likeness (QED) is 0.813. The molecule has 1 heterocycles. The van der Waals surface area contributed by atoms with Gasteiger partial charge in [0.1, 0.15) is 0 Å². The topological polar surface area (TPSA) is 75.4 Å². The minimum absolute atomic E-state index is 0. The summed E-state index contributed by atoms with van der Waals surface area (Å²) in [5.41, 5.74) is 7.89. The second-order valence-electron chi connectivity index (χ2n) is 5.03. The lowest BCUT2D eigenvalue weighted by molar-refractivity contribution is -0.125. The fraction of sp³-hybridized carbons (Fsp3) is 0.467. The average Bonchev–Trinajstić information content (AvgIpc) is 2.93. The van der Waals surface area contributed by atoms with Gasteiger partial charge in [-0.25, -0.2) is 0 Å². The van der Waals surface area contributed by atoms with Gasteiger partial charge in [-0.05, 0) is 36.5 Å². The molecule has 1 aliphatic heterocycles. The van der Waals surface area contributed by atoms with Crippen LogP contribution in [0.25, 0.3) is 0 Å². The summed E-state index contributed by atoms with van der Waals surface area (Å²) in [4.78, 5) is 25.7. The van der Waals surface area contributed by atoms with Crippen molar-refractivity contribution >= 4 is 41.7 Å². The Hall–Kier alpha value is -1.24. The molecular formula is C15H22ClN3O2S. The molecule has 5 nitrogen and oxygen atoms in total. The smallest absolute Gasteiger partial charge is 0.246 e. The molecule has 0 spiro atoms. The van der Waals surface area contributed by atoms with Crippen molar-refractivity contribution in [2.45, 2.75) is 18.9 Å². The van der Waals surface area contributed by atoms with Crippen LogP contribution in [-0.4, -0.2) is 43.0 Å². The lowest BCUT2D eigenvalue weighted by Gasteiger charge is -2.18. The van der Waals surface area contributed by atoms with E-state index in [-0.39, 0.29) is 30.8 Å². The molecule has 1 aliphatic rings. The third-order valence-electron chi connectivity index (χ3n) is 3.57. The first-order valence-corrected chi connectivity index (χ1v) is 8.43. The fourth-order valence-electron chi connectivity index (χ4n) is 2.36.